The molecular weight excluding hydrogens is 874 g/mol. The van der Waals surface area contributed by atoms with Crippen molar-refractivity contribution in [1.29, 1.82) is 0 Å². The molecule has 0 fully saturated rings. The van der Waals surface area contributed by atoms with Crippen molar-refractivity contribution in [3.05, 3.63) is 255 Å². The van der Waals surface area contributed by atoms with E-state index in [9.17, 15) is 0 Å². The fraction of sp³-hybridized carbons (Fsp3) is 0. The molecule has 11 aromatic carbocycles. The standard InChI is InChI=1S/C66H42B2N2S/c1-6-19-43(20-7-1)48-33-36-57-54(39-48)67-53-31-16-17-32-61(53)71-62-42-60-63-66(64(62)67)69(57)58-37-34-49(44-21-8-2-9-22-44)40-55(58)68(63)56-41-50(45-23-10-3-11-24-45)35-38-59(56)70(60)65-51(46-25-12-4-13-26-46)29-18-30-52(65)47-27-14-5-15-28-47/h1-42H. The minimum atomic E-state index is -0.0767. The van der Waals surface area contributed by atoms with Crippen LogP contribution in [0.1, 0.15) is 0 Å². The Hall–Kier alpha value is -8.50. The van der Waals surface area contributed by atoms with E-state index < -0.39 is 0 Å². The summed E-state index contributed by atoms with van der Waals surface area (Å²) in [6, 6.07) is 95.2. The van der Waals surface area contributed by atoms with Crippen molar-refractivity contribution in [1.82, 2.24) is 0 Å². The first kappa shape index (κ1) is 40.4. The zero-order valence-electron chi connectivity index (χ0n) is 38.7. The van der Waals surface area contributed by atoms with Gasteiger partial charge in [-0.15, -0.1) is 0 Å². The van der Waals surface area contributed by atoms with Crippen molar-refractivity contribution in [2.24, 2.45) is 0 Å². The van der Waals surface area contributed by atoms with Gasteiger partial charge in [-0.05, 0) is 102 Å². The highest BCUT2D eigenvalue weighted by Gasteiger charge is 2.51. The largest absolute Gasteiger partial charge is 0.312 e. The predicted octanol–water partition coefficient (Wildman–Crippen LogP) is 13.4. The quantitative estimate of drug-likeness (QED) is 0.154. The molecule has 4 aliphatic rings. The Labute approximate surface area is 419 Å². The average Bonchev–Trinajstić information content (AvgIpc) is 3.45. The number of para-hydroxylation sites is 1. The van der Waals surface area contributed by atoms with Crippen LogP contribution in [0.5, 0.6) is 0 Å². The summed E-state index contributed by atoms with van der Waals surface area (Å²) in [6.45, 7) is -0.0439. The maximum absolute atomic E-state index is 2.67. The monoisotopic (exact) mass is 916 g/mol. The number of anilines is 6. The number of nitrogens with zero attached hydrogens (tertiary/aromatic N) is 2. The highest BCUT2D eigenvalue weighted by atomic mass is 32.2. The number of rotatable bonds is 6. The number of hydrogen-bond donors (Lipinski definition) is 0. The van der Waals surface area contributed by atoms with E-state index in [1.165, 1.54) is 132 Å². The summed E-state index contributed by atoms with van der Waals surface area (Å²) in [5.41, 5.74) is 27.5. The number of benzene rings is 11. The molecule has 71 heavy (non-hydrogen) atoms. The molecule has 0 unspecified atom stereocenters. The van der Waals surface area contributed by atoms with Gasteiger partial charge >= 0.3 is 0 Å². The van der Waals surface area contributed by atoms with Gasteiger partial charge in [-0.3, -0.25) is 0 Å². The molecule has 5 heteroatoms. The molecule has 0 bridgehead atoms. The van der Waals surface area contributed by atoms with E-state index in [-0.39, 0.29) is 13.4 Å². The lowest BCUT2D eigenvalue weighted by atomic mass is 9.29. The lowest BCUT2D eigenvalue weighted by Crippen LogP contribution is -2.68. The molecule has 0 saturated carbocycles. The molecule has 0 aliphatic carbocycles. The van der Waals surface area contributed by atoms with Gasteiger partial charge in [0, 0.05) is 49.4 Å². The maximum Gasteiger partial charge on any atom is 0.252 e. The van der Waals surface area contributed by atoms with Crippen LogP contribution in [0.25, 0.3) is 55.6 Å². The Morgan fingerprint density at radius 1 is 0.254 bits per heavy atom. The van der Waals surface area contributed by atoms with Gasteiger partial charge in [0.15, 0.2) is 0 Å². The van der Waals surface area contributed by atoms with Gasteiger partial charge in [0.05, 0.1) is 5.69 Å². The minimum absolute atomic E-state index is 0.0328. The first-order valence-corrected chi connectivity index (χ1v) is 25.5. The molecule has 15 rings (SSSR count). The van der Waals surface area contributed by atoms with Crippen molar-refractivity contribution in [3.8, 4) is 55.6 Å². The summed E-state index contributed by atoms with van der Waals surface area (Å²) in [6.07, 6.45) is 0. The van der Waals surface area contributed by atoms with E-state index in [0.717, 1.165) is 0 Å². The molecule has 2 nitrogen and oxygen atoms in total. The van der Waals surface area contributed by atoms with Gasteiger partial charge in [-0.2, -0.15) is 0 Å². The first-order valence-electron chi connectivity index (χ1n) is 24.6. The molecule has 4 heterocycles. The van der Waals surface area contributed by atoms with Crippen LogP contribution < -0.4 is 42.6 Å². The number of hydrogen-bond acceptors (Lipinski definition) is 3. The predicted molar refractivity (Wildman–Crippen MR) is 303 cm³/mol. The zero-order valence-corrected chi connectivity index (χ0v) is 39.5. The van der Waals surface area contributed by atoms with Crippen LogP contribution in [0.15, 0.2) is 265 Å². The van der Waals surface area contributed by atoms with Crippen LogP contribution in [0.2, 0.25) is 0 Å². The van der Waals surface area contributed by atoms with E-state index >= 15 is 0 Å². The first-order chi connectivity index (χ1) is 35.2. The summed E-state index contributed by atoms with van der Waals surface area (Å²) in [7, 11) is 0. The maximum atomic E-state index is 2.67. The zero-order chi connectivity index (χ0) is 46.6. The molecular formula is C66H42B2N2S. The third-order valence-corrected chi connectivity index (χ3v) is 16.4. The van der Waals surface area contributed by atoms with Gasteiger partial charge < -0.3 is 9.80 Å². The summed E-state index contributed by atoms with van der Waals surface area (Å²) >= 11 is 1.93. The Morgan fingerprint density at radius 3 is 1.11 bits per heavy atom. The van der Waals surface area contributed by atoms with Crippen molar-refractivity contribution in [2.45, 2.75) is 9.79 Å². The van der Waals surface area contributed by atoms with Crippen LogP contribution >= 0.6 is 11.8 Å². The second-order valence-corrected chi connectivity index (χ2v) is 20.2. The van der Waals surface area contributed by atoms with Crippen LogP contribution in [0, 0.1) is 0 Å². The molecule has 0 saturated heterocycles. The molecule has 11 aromatic rings. The number of fused-ring (bicyclic) bond motifs is 10. The lowest BCUT2D eigenvalue weighted by Gasteiger charge is -2.50. The van der Waals surface area contributed by atoms with Gasteiger partial charge in [-0.1, -0.05) is 242 Å². The third kappa shape index (κ3) is 6.19. The second-order valence-electron chi connectivity index (χ2n) is 19.1. The fourth-order valence-corrected chi connectivity index (χ4v) is 13.4. The van der Waals surface area contributed by atoms with Crippen molar-refractivity contribution in [2.75, 3.05) is 9.80 Å². The molecule has 0 N–H and O–H groups in total. The van der Waals surface area contributed by atoms with Crippen LogP contribution in [-0.2, 0) is 0 Å². The Morgan fingerprint density at radius 2 is 0.648 bits per heavy atom. The van der Waals surface area contributed by atoms with Gasteiger partial charge in [0.2, 0.25) is 6.71 Å². The van der Waals surface area contributed by atoms with Crippen molar-refractivity contribution in [3.63, 3.8) is 0 Å². The van der Waals surface area contributed by atoms with E-state index in [0.29, 0.717) is 0 Å². The summed E-state index contributed by atoms with van der Waals surface area (Å²) in [5, 5.41) is 0. The second kappa shape index (κ2) is 16.0. The van der Waals surface area contributed by atoms with E-state index in [4.69, 9.17) is 0 Å². The SMILES string of the molecule is c1ccc(-c2ccc3c(c2)B2c4cc(-c5ccccc5)ccc4N4c5ccc(-c6ccccc6)cc5B5c6ccccc6Sc6cc(c2c4c65)N3c2c(-c3ccccc3)cccc2-c2ccccc2)cc1. The molecule has 328 valence electrons. The Balaban J connectivity index is 1.10. The van der Waals surface area contributed by atoms with Crippen LogP contribution in [0.3, 0.4) is 0 Å². The molecule has 0 amide bonds. The Bertz CT molecular complexity index is 3860. The van der Waals surface area contributed by atoms with E-state index in [1.807, 2.05) is 11.8 Å². The molecule has 0 spiro atoms. The highest BCUT2D eigenvalue weighted by Crippen LogP contribution is 2.52. The summed E-state index contributed by atoms with van der Waals surface area (Å²) in [5.74, 6) is 0. The summed E-state index contributed by atoms with van der Waals surface area (Å²) in [4.78, 5) is 7.94. The highest BCUT2D eigenvalue weighted by molar-refractivity contribution is 8.00. The van der Waals surface area contributed by atoms with E-state index in [2.05, 4.69) is 265 Å². The summed E-state index contributed by atoms with van der Waals surface area (Å²) < 4.78 is 0. The van der Waals surface area contributed by atoms with Gasteiger partial charge in [-0.25, -0.2) is 0 Å². The fourth-order valence-electron chi connectivity index (χ4n) is 12.2. The smallest absolute Gasteiger partial charge is 0.252 e. The molecule has 0 aromatic heterocycles. The third-order valence-electron chi connectivity index (χ3n) is 15.3. The van der Waals surface area contributed by atoms with Crippen molar-refractivity contribution < 1.29 is 0 Å². The molecule has 4 aliphatic heterocycles. The van der Waals surface area contributed by atoms with Crippen LogP contribution in [-0.4, -0.2) is 13.4 Å². The lowest BCUT2D eigenvalue weighted by molar-refractivity contribution is 1.23. The molecule has 0 atom stereocenters. The van der Waals surface area contributed by atoms with Gasteiger partial charge in [0.1, 0.15) is 0 Å². The van der Waals surface area contributed by atoms with E-state index in [1.54, 1.807) is 0 Å². The van der Waals surface area contributed by atoms with Crippen LogP contribution in [0.4, 0.5) is 34.1 Å². The normalized spacial score (nSPS) is 13.2. The average molecular weight is 917 g/mol. The topological polar surface area (TPSA) is 6.48 Å². The van der Waals surface area contributed by atoms with Gasteiger partial charge in [0.25, 0.3) is 6.71 Å². The minimum Gasteiger partial charge on any atom is -0.312 e. The van der Waals surface area contributed by atoms with Crippen molar-refractivity contribution >= 4 is 92.1 Å². The molecule has 0 radical (unpaired) electrons. The Kier molecular flexibility index (Phi) is 9.12.